The van der Waals surface area contributed by atoms with E-state index in [4.69, 9.17) is 16.3 Å². The van der Waals surface area contributed by atoms with Crippen molar-refractivity contribution in [2.24, 2.45) is 5.41 Å². The highest BCUT2D eigenvalue weighted by Gasteiger charge is 2.45. The van der Waals surface area contributed by atoms with Crippen LogP contribution < -0.4 is 20.4 Å². The minimum absolute atomic E-state index is 0.0338. The lowest BCUT2D eigenvalue weighted by molar-refractivity contribution is -0.000510. The molecule has 276 valence electrons. The number of hydrogen-bond donors (Lipinski definition) is 2. The molecule has 0 bridgehead atoms. The molecule has 3 aliphatic rings. The first-order valence-electron chi connectivity index (χ1n) is 17.1. The number of rotatable bonds is 6. The van der Waals surface area contributed by atoms with Crippen LogP contribution in [0.1, 0.15) is 48.8 Å². The number of carbonyl (C=O) groups excluding carboxylic acids is 3. The largest absolute Gasteiger partial charge is 0.381 e. The van der Waals surface area contributed by atoms with Gasteiger partial charge >= 0.3 is 0 Å². The van der Waals surface area contributed by atoms with Gasteiger partial charge in [-0.25, -0.2) is 22.5 Å². The minimum atomic E-state index is -1.74. The maximum atomic E-state index is 15.7. The van der Waals surface area contributed by atoms with Crippen LogP contribution in [0.3, 0.4) is 0 Å². The fourth-order valence-corrected chi connectivity index (χ4v) is 8.58. The number of para-hydroxylation sites is 1. The maximum absolute atomic E-state index is 15.7. The lowest BCUT2D eigenvalue weighted by atomic mass is 9.73. The van der Waals surface area contributed by atoms with Crippen LogP contribution in [0.25, 0.3) is 10.4 Å². The van der Waals surface area contributed by atoms with E-state index < -0.39 is 35.1 Å². The first-order valence-corrected chi connectivity index (χ1v) is 18.3. The molecular formula is C39H30ClF4N5O4S. The second kappa shape index (κ2) is 14.2. The quantitative estimate of drug-likeness (QED) is 0.133. The van der Waals surface area contributed by atoms with Crippen molar-refractivity contribution in [1.29, 1.82) is 0 Å². The number of nitrogens with zero attached hydrogens (tertiary/aromatic N) is 3. The zero-order valence-electron chi connectivity index (χ0n) is 28.4. The first kappa shape index (κ1) is 35.7. The molecule has 2 fully saturated rings. The molecule has 0 aliphatic carbocycles. The van der Waals surface area contributed by atoms with E-state index in [2.05, 4.69) is 20.5 Å². The number of fused-ring (bicyclic) bond motifs is 3. The summed E-state index contributed by atoms with van der Waals surface area (Å²) in [7, 11) is 0. The molecule has 1 spiro atoms. The SMILES string of the molecule is O=C(Nc1c(F)cccc1Cl)c1cc2c(s1)-c1c(cc(F)c(F)c1F)N(C(=O)c1ccc(NC(=O)c3cccnc3N3CC4(CCOCC4)C3)cc1)CC2. The second-order valence-corrected chi connectivity index (χ2v) is 14.9. The Labute approximate surface area is 315 Å². The summed E-state index contributed by atoms with van der Waals surface area (Å²) in [6, 6.07) is 15.5. The van der Waals surface area contributed by atoms with Gasteiger partial charge in [0.25, 0.3) is 17.7 Å². The van der Waals surface area contributed by atoms with Crippen molar-refractivity contribution in [1.82, 2.24) is 4.98 Å². The predicted octanol–water partition coefficient (Wildman–Crippen LogP) is 8.34. The smallest absolute Gasteiger partial charge is 0.265 e. The monoisotopic (exact) mass is 775 g/mol. The van der Waals surface area contributed by atoms with Gasteiger partial charge in [-0.05, 0) is 79.4 Å². The Hall–Kier alpha value is -5.31. The molecule has 0 radical (unpaired) electrons. The second-order valence-electron chi connectivity index (χ2n) is 13.5. The van der Waals surface area contributed by atoms with Gasteiger partial charge in [0.05, 0.1) is 32.4 Å². The van der Waals surface area contributed by atoms with Crippen LogP contribution >= 0.6 is 22.9 Å². The number of pyridine rings is 1. The highest BCUT2D eigenvalue weighted by Crippen LogP contribution is 2.45. The average Bonchev–Trinajstić information content (AvgIpc) is 3.52. The highest BCUT2D eigenvalue weighted by atomic mass is 35.5. The molecule has 2 saturated heterocycles. The van der Waals surface area contributed by atoms with Gasteiger partial charge in [-0.3, -0.25) is 14.4 Å². The summed E-state index contributed by atoms with van der Waals surface area (Å²) in [6.07, 6.45) is 3.68. The highest BCUT2D eigenvalue weighted by molar-refractivity contribution is 7.17. The third kappa shape index (κ3) is 6.48. The number of aromatic nitrogens is 1. The summed E-state index contributed by atoms with van der Waals surface area (Å²) in [4.78, 5) is 48.4. The van der Waals surface area contributed by atoms with Gasteiger partial charge in [0.1, 0.15) is 11.6 Å². The number of thiophene rings is 1. The van der Waals surface area contributed by atoms with E-state index in [0.29, 0.717) is 22.6 Å². The number of nitrogens with one attached hydrogen (secondary N) is 2. The number of ether oxygens (including phenoxy) is 1. The van der Waals surface area contributed by atoms with Crippen molar-refractivity contribution in [2.45, 2.75) is 19.3 Å². The molecule has 8 rings (SSSR count). The number of carbonyl (C=O) groups is 3. The molecule has 3 amide bonds. The van der Waals surface area contributed by atoms with Crippen molar-refractivity contribution >= 4 is 63.5 Å². The van der Waals surface area contributed by atoms with E-state index in [1.54, 1.807) is 18.3 Å². The summed E-state index contributed by atoms with van der Waals surface area (Å²) in [5.74, 6) is -6.68. The molecule has 0 saturated carbocycles. The molecule has 5 aromatic rings. The fourth-order valence-electron chi connectivity index (χ4n) is 7.22. The van der Waals surface area contributed by atoms with E-state index in [9.17, 15) is 27.6 Å². The third-order valence-corrected chi connectivity index (χ3v) is 11.6. The molecule has 3 aromatic carbocycles. The van der Waals surface area contributed by atoms with E-state index in [1.807, 2.05) is 0 Å². The summed E-state index contributed by atoms with van der Waals surface area (Å²) in [5.41, 5.74) is 0.667. The predicted molar refractivity (Wildman–Crippen MR) is 198 cm³/mol. The van der Waals surface area contributed by atoms with E-state index >= 15 is 4.39 Å². The van der Waals surface area contributed by atoms with Crippen LogP contribution in [-0.4, -0.2) is 55.6 Å². The number of benzene rings is 3. The van der Waals surface area contributed by atoms with Crippen molar-refractivity contribution in [3.8, 4) is 10.4 Å². The molecule has 2 aromatic heterocycles. The maximum Gasteiger partial charge on any atom is 0.265 e. The Morgan fingerprint density at radius 2 is 1.63 bits per heavy atom. The Balaban J connectivity index is 1.02. The average molecular weight is 776 g/mol. The number of amides is 3. The van der Waals surface area contributed by atoms with Crippen molar-refractivity contribution in [3.63, 3.8) is 0 Å². The van der Waals surface area contributed by atoms with Gasteiger partial charge in [0.2, 0.25) is 0 Å². The van der Waals surface area contributed by atoms with Crippen molar-refractivity contribution in [2.75, 3.05) is 53.3 Å². The van der Waals surface area contributed by atoms with Crippen LogP contribution in [0.4, 0.5) is 40.4 Å². The van der Waals surface area contributed by atoms with Crippen LogP contribution in [0.2, 0.25) is 5.02 Å². The summed E-state index contributed by atoms with van der Waals surface area (Å²) >= 11 is 6.85. The summed E-state index contributed by atoms with van der Waals surface area (Å²) in [5, 5.41) is 5.24. The van der Waals surface area contributed by atoms with Crippen LogP contribution in [-0.2, 0) is 11.2 Å². The summed E-state index contributed by atoms with van der Waals surface area (Å²) in [6.45, 7) is 2.96. The van der Waals surface area contributed by atoms with Gasteiger partial charge in [-0.2, -0.15) is 0 Å². The Kier molecular flexibility index (Phi) is 9.36. The van der Waals surface area contributed by atoms with E-state index in [1.165, 1.54) is 42.5 Å². The molecule has 2 N–H and O–H groups in total. The molecule has 0 unspecified atom stereocenters. The molecule has 3 aliphatic heterocycles. The zero-order chi connectivity index (χ0) is 37.7. The van der Waals surface area contributed by atoms with Crippen LogP contribution in [0.5, 0.6) is 0 Å². The van der Waals surface area contributed by atoms with E-state index in [-0.39, 0.29) is 61.6 Å². The third-order valence-electron chi connectivity index (χ3n) is 10.1. The Bertz CT molecular complexity index is 2300. The Morgan fingerprint density at radius 1 is 0.870 bits per heavy atom. The molecular weight excluding hydrogens is 746 g/mol. The number of halogens is 5. The lowest BCUT2D eigenvalue weighted by Crippen LogP contribution is -2.59. The van der Waals surface area contributed by atoms with E-state index in [0.717, 1.165) is 67.5 Å². The molecule has 0 atom stereocenters. The normalized spacial score (nSPS) is 15.9. The van der Waals surface area contributed by atoms with Crippen LogP contribution in [0.15, 0.2) is 72.9 Å². The van der Waals surface area contributed by atoms with Gasteiger partial charge in [0.15, 0.2) is 17.5 Å². The topological polar surface area (TPSA) is 104 Å². The summed E-state index contributed by atoms with van der Waals surface area (Å²) < 4.78 is 65.1. The molecule has 5 heterocycles. The fraction of sp³-hybridized carbons (Fsp3) is 0.231. The van der Waals surface area contributed by atoms with Gasteiger partial charge in [0, 0.05) is 66.7 Å². The first-order chi connectivity index (χ1) is 26.0. The van der Waals surface area contributed by atoms with Gasteiger partial charge in [-0.15, -0.1) is 11.3 Å². The standard InChI is InChI=1S/C39H30ClF4N5O4S/c40-25-4-1-5-26(41)33(25)47-37(51)29-17-22-10-14-49(28-18-27(42)31(43)32(44)30(28)34(22)54-29)38(52)21-6-8-23(9-7-21)46-36(50)24-3-2-13-45-35(24)48-19-39(20-48)11-15-53-16-12-39/h1-9,13,17-18H,10-12,14-16,19-20H2,(H,46,50)(H,47,51). The molecule has 9 nitrogen and oxygen atoms in total. The molecule has 54 heavy (non-hydrogen) atoms. The van der Waals surface area contributed by atoms with Crippen LogP contribution in [0, 0.1) is 28.7 Å². The Morgan fingerprint density at radius 3 is 2.37 bits per heavy atom. The van der Waals surface area contributed by atoms with Crippen molar-refractivity contribution < 1.29 is 36.7 Å². The zero-order valence-corrected chi connectivity index (χ0v) is 29.9. The van der Waals surface area contributed by atoms with Gasteiger partial charge in [-0.1, -0.05) is 17.7 Å². The van der Waals surface area contributed by atoms with Crippen molar-refractivity contribution in [3.05, 3.63) is 123 Å². The molecule has 15 heteroatoms. The minimum Gasteiger partial charge on any atom is -0.381 e. The number of hydrogen-bond acceptors (Lipinski definition) is 7. The lowest BCUT2D eigenvalue weighted by Gasteiger charge is -2.53. The van der Waals surface area contributed by atoms with Gasteiger partial charge < -0.3 is 25.2 Å². The number of anilines is 4.